The maximum Gasteiger partial charge on any atom is 0.331 e. The fourth-order valence-corrected chi connectivity index (χ4v) is 10.6. The van der Waals surface area contributed by atoms with E-state index in [1.165, 1.54) is 13.0 Å². The van der Waals surface area contributed by atoms with Crippen LogP contribution in [0.1, 0.15) is 65.7 Å². The van der Waals surface area contributed by atoms with E-state index in [0.717, 1.165) is 6.29 Å². The predicted molar refractivity (Wildman–Crippen MR) is 143 cm³/mol. The minimum absolute atomic E-state index is 0.00719. The molecule has 12 nitrogen and oxygen atoms in total. The molecule has 0 spiro atoms. The highest BCUT2D eigenvalue weighted by molar-refractivity contribution is 5.85. The van der Waals surface area contributed by atoms with Crippen molar-refractivity contribution in [3.05, 3.63) is 11.6 Å². The van der Waals surface area contributed by atoms with Crippen molar-refractivity contribution in [2.24, 2.45) is 34.5 Å². The van der Waals surface area contributed by atoms with E-state index in [1.807, 2.05) is 0 Å². The van der Waals surface area contributed by atoms with Crippen molar-refractivity contribution in [3.8, 4) is 0 Å². The Balaban J connectivity index is 1.24. The van der Waals surface area contributed by atoms with Crippen LogP contribution in [-0.2, 0) is 38.1 Å². The van der Waals surface area contributed by atoms with Crippen LogP contribution in [-0.4, -0.2) is 99.6 Å². The lowest BCUT2D eigenvalue weighted by atomic mass is 9.42. The van der Waals surface area contributed by atoms with Gasteiger partial charge in [0.05, 0.1) is 30.0 Å². The Kier molecular flexibility index (Phi) is 6.77. The molecule has 6 fully saturated rings. The Morgan fingerprint density at radius 2 is 1.81 bits per heavy atom. The highest BCUT2D eigenvalue weighted by atomic mass is 16.8. The van der Waals surface area contributed by atoms with Gasteiger partial charge >= 0.3 is 11.9 Å². The average molecular weight is 607 g/mol. The van der Waals surface area contributed by atoms with Crippen LogP contribution in [0.15, 0.2) is 11.6 Å². The van der Waals surface area contributed by atoms with Gasteiger partial charge in [-0.2, -0.15) is 0 Å². The molecule has 0 radical (unpaired) electrons. The van der Waals surface area contributed by atoms with Crippen LogP contribution in [0.3, 0.4) is 0 Å². The first-order chi connectivity index (χ1) is 20.3. The number of carbonyl (C=O) groups is 3. The van der Waals surface area contributed by atoms with Gasteiger partial charge in [-0.15, -0.1) is 0 Å². The van der Waals surface area contributed by atoms with E-state index in [9.17, 15) is 34.8 Å². The summed E-state index contributed by atoms with van der Waals surface area (Å²) in [5, 5.41) is 46.8. The normalized spacial score (nSPS) is 55.5. The summed E-state index contributed by atoms with van der Waals surface area (Å²) in [6.45, 7) is 4.87. The van der Waals surface area contributed by atoms with Gasteiger partial charge in [0.15, 0.2) is 0 Å². The minimum Gasteiger partial charge on any atom is -0.462 e. The second-order valence-corrected chi connectivity index (χ2v) is 14.4. The van der Waals surface area contributed by atoms with Crippen LogP contribution in [0, 0.1) is 34.5 Å². The summed E-state index contributed by atoms with van der Waals surface area (Å²) in [5.41, 5.74) is -3.13. The molecule has 3 heterocycles. The zero-order chi connectivity index (χ0) is 30.7. The highest BCUT2D eigenvalue weighted by Crippen LogP contribution is 2.70. The molecule has 4 N–H and O–H groups in total. The number of esters is 2. The average Bonchev–Trinajstić information content (AvgIpc) is 3.45. The molecular formula is C31H42O12. The zero-order valence-corrected chi connectivity index (χ0v) is 24.7. The molecule has 7 aliphatic rings. The molecule has 12 heteroatoms. The quantitative estimate of drug-likeness (QED) is 0.199. The fourth-order valence-electron chi connectivity index (χ4n) is 10.6. The molecule has 2 saturated heterocycles. The molecule has 0 amide bonds. The summed E-state index contributed by atoms with van der Waals surface area (Å²) in [4.78, 5) is 37.5. The second-order valence-electron chi connectivity index (χ2n) is 14.4. The Hall–Kier alpha value is -1.93. The number of hydrogen-bond acceptors (Lipinski definition) is 12. The van der Waals surface area contributed by atoms with E-state index in [0.29, 0.717) is 24.8 Å². The largest absolute Gasteiger partial charge is 0.462 e. The molecule has 0 aromatic carbocycles. The molecule has 0 aromatic heterocycles. The van der Waals surface area contributed by atoms with Crippen LogP contribution < -0.4 is 0 Å². The maximum absolute atomic E-state index is 13.3. The third-order valence-electron chi connectivity index (χ3n) is 12.5. The van der Waals surface area contributed by atoms with E-state index in [1.54, 1.807) is 13.8 Å². The number of fused-ring (bicyclic) bond motifs is 7. The Bertz CT molecular complexity index is 1240. The summed E-state index contributed by atoms with van der Waals surface area (Å²) in [6.07, 6.45) is -1.22. The summed E-state index contributed by atoms with van der Waals surface area (Å²) >= 11 is 0. The molecular weight excluding hydrogens is 564 g/mol. The lowest BCUT2D eigenvalue weighted by Crippen LogP contribution is -2.72. The smallest absolute Gasteiger partial charge is 0.331 e. The monoisotopic (exact) mass is 606 g/mol. The third kappa shape index (κ3) is 3.96. The van der Waals surface area contributed by atoms with E-state index in [4.69, 9.17) is 23.7 Å². The molecule has 43 heavy (non-hydrogen) atoms. The van der Waals surface area contributed by atoms with Gasteiger partial charge in [-0.05, 0) is 62.4 Å². The first kappa shape index (κ1) is 29.8. The van der Waals surface area contributed by atoms with Gasteiger partial charge in [-0.1, -0.05) is 6.92 Å². The molecule has 3 aliphatic heterocycles. The summed E-state index contributed by atoms with van der Waals surface area (Å²) in [5.74, 6) is -4.76. The molecule has 238 valence electrons. The van der Waals surface area contributed by atoms with Crippen LogP contribution >= 0.6 is 0 Å². The van der Waals surface area contributed by atoms with Crippen molar-refractivity contribution in [2.45, 2.75) is 120 Å². The third-order valence-corrected chi connectivity index (χ3v) is 12.5. The first-order valence-electron chi connectivity index (χ1n) is 15.6. The van der Waals surface area contributed by atoms with Gasteiger partial charge in [0.25, 0.3) is 0 Å². The Morgan fingerprint density at radius 3 is 2.49 bits per heavy atom. The van der Waals surface area contributed by atoms with Crippen LogP contribution in [0.25, 0.3) is 0 Å². The number of ether oxygens (including phenoxy) is 5. The number of aldehydes is 1. The van der Waals surface area contributed by atoms with Crippen molar-refractivity contribution >= 4 is 18.2 Å². The lowest BCUT2D eigenvalue weighted by molar-refractivity contribution is -0.457. The van der Waals surface area contributed by atoms with Crippen molar-refractivity contribution in [1.29, 1.82) is 0 Å². The number of aliphatic hydroxyl groups excluding tert-OH is 2. The second kappa shape index (κ2) is 9.78. The summed E-state index contributed by atoms with van der Waals surface area (Å²) in [6, 6.07) is 0. The molecule has 0 aromatic rings. The van der Waals surface area contributed by atoms with Crippen molar-refractivity contribution in [3.63, 3.8) is 0 Å². The van der Waals surface area contributed by atoms with Gasteiger partial charge in [0.2, 0.25) is 12.1 Å². The van der Waals surface area contributed by atoms with Crippen molar-refractivity contribution < 1.29 is 58.5 Å². The van der Waals surface area contributed by atoms with Gasteiger partial charge in [-0.3, -0.25) is 4.79 Å². The molecule has 15 atom stereocenters. The molecule has 4 aliphatic carbocycles. The van der Waals surface area contributed by atoms with Gasteiger partial charge < -0.3 is 48.9 Å². The van der Waals surface area contributed by atoms with Crippen molar-refractivity contribution in [2.75, 3.05) is 6.61 Å². The first-order valence-corrected chi connectivity index (χ1v) is 15.6. The number of cyclic esters (lactones) is 1. The molecule has 4 saturated carbocycles. The number of aliphatic hydroxyl groups is 4. The van der Waals surface area contributed by atoms with Crippen LogP contribution in [0.2, 0.25) is 0 Å². The van der Waals surface area contributed by atoms with E-state index in [-0.39, 0.29) is 44.3 Å². The van der Waals surface area contributed by atoms with Gasteiger partial charge in [-0.25, -0.2) is 4.79 Å². The molecule has 7 rings (SSSR count). The van der Waals surface area contributed by atoms with E-state index < -0.39 is 88.7 Å². The highest BCUT2D eigenvalue weighted by Gasteiger charge is 2.75. The van der Waals surface area contributed by atoms with Crippen LogP contribution in [0.5, 0.6) is 0 Å². The zero-order valence-electron chi connectivity index (χ0n) is 24.7. The Morgan fingerprint density at radius 1 is 1.05 bits per heavy atom. The summed E-state index contributed by atoms with van der Waals surface area (Å²) in [7, 11) is 0. The van der Waals surface area contributed by atoms with Gasteiger partial charge in [0, 0.05) is 42.6 Å². The van der Waals surface area contributed by atoms with E-state index >= 15 is 0 Å². The Labute approximate surface area is 249 Å². The topological polar surface area (TPSA) is 178 Å². The number of rotatable bonds is 3. The number of carbonyl (C=O) groups excluding carboxylic acids is 3. The lowest BCUT2D eigenvalue weighted by Gasteiger charge is -2.65. The SMILES string of the molecule is CC(=O)O[C@@H]1C[C@]2(O)[C@@H]3CC[C@H]4C[C@H]5O[C@@H]6O[C@H](C)C[C@H](O)[C@]6(O)O[C@@H]5C[C@]4(C=O)[C@H]3C[C@@H](O)[C@]2(C)[C@H]1C1=CC(=O)OC1. The standard InChI is InChI=1S/C31H42O12/c1-14-6-24(35)31(38)27(40-14)42-20-8-17-4-5-18-19(29(17,13-32)10-21(20)43-31)9-23(34)28(3)26(16-7-25(36)39-12-16)22(41-15(2)33)11-30(18,28)37/h7,13-14,17-24,26-27,34-35,37-38H,4-6,8-12H2,1-3H3/t14-,17+,18-,19+,20-,21-,22-,23-,24+,26+,27+,28-,29-,30+,31+/m1/s1. The van der Waals surface area contributed by atoms with E-state index in [2.05, 4.69) is 0 Å². The fraction of sp³-hybridized carbons (Fsp3) is 0.839. The summed E-state index contributed by atoms with van der Waals surface area (Å²) < 4.78 is 29.1. The number of hydrogen-bond donors (Lipinski definition) is 4. The minimum atomic E-state index is -2.08. The molecule has 0 bridgehead atoms. The maximum atomic E-state index is 13.3. The van der Waals surface area contributed by atoms with Crippen molar-refractivity contribution in [1.82, 2.24) is 0 Å². The predicted octanol–water partition coefficient (Wildman–Crippen LogP) is 0.513. The van der Waals surface area contributed by atoms with Gasteiger partial charge in [0.1, 0.15) is 25.1 Å². The van der Waals surface area contributed by atoms with Crippen LogP contribution in [0.4, 0.5) is 0 Å². The molecule has 0 unspecified atom stereocenters.